The third-order valence-corrected chi connectivity index (χ3v) is 4.17. The van der Waals surface area contributed by atoms with Crippen LogP contribution >= 0.6 is 22.6 Å². The second kappa shape index (κ2) is 7.13. The van der Waals surface area contributed by atoms with Crippen LogP contribution in [0.15, 0.2) is 42.5 Å². The first kappa shape index (κ1) is 15.4. The molecule has 4 heteroatoms. The Morgan fingerprint density at radius 1 is 1.10 bits per heavy atom. The topological polar surface area (TPSA) is 12.0 Å². The molecule has 0 saturated heterocycles. The van der Waals surface area contributed by atoms with Gasteiger partial charge in [-0.15, -0.1) is 0 Å². The average molecular weight is 387 g/mol. The average Bonchev–Trinajstić information content (AvgIpc) is 2.44. The molecular formula is C16H16F2IN. The van der Waals surface area contributed by atoms with Crippen LogP contribution in [-0.4, -0.2) is 6.54 Å². The zero-order valence-electron chi connectivity index (χ0n) is 11.2. The molecule has 2 aromatic carbocycles. The lowest BCUT2D eigenvalue weighted by molar-refractivity contribution is 0.480. The van der Waals surface area contributed by atoms with E-state index in [1.807, 2.05) is 31.2 Å². The van der Waals surface area contributed by atoms with Crippen molar-refractivity contribution in [2.45, 2.75) is 19.4 Å². The van der Waals surface area contributed by atoms with Crippen LogP contribution < -0.4 is 5.32 Å². The lowest BCUT2D eigenvalue weighted by Gasteiger charge is -2.20. The lowest BCUT2D eigenvalue weighted by Crippen LogP contribution is -2.24. The Balaban J connectivity index is 2.31. The van der Waals surface area contributed by atoms with E-state index in [4.69, 9.17) is 0 Å². The Labute approximate surface area is 131 Å². The molecule has 20 heavy (non-hydrogen) atoms. The van der Waals surface area contributed by atoms with Crippen molar-refractivity contribution < 1.29 is 8.78 Å². The molecule has 0 radical (unpaired) electrons. The van der Waals surface area contributed by atoms with Gasteiger partial charge < -0.3 is 5.32 Å². The molecule has 0 fully saturated rings. The summed E-state index contributed by atoms with van der Waals surface area (Å²) in [5.74, 6) is -1.54. The van der Waals surface area contributed by atoms with E-state index in [-0.39, 0.29) is 6.04 Å². The normalized spacial score (nSPS) is 12.4. The minimum Gasteiger partial charge on any atom is -0.310 e. The standard InChI is InChI=1S/C16H16F2IN/c1-2-20-15(12-7-3-4-9-14(12)19)10-11-6-5-8-13(17)16(11)18/h3-9,15,20H,2,10H2,1H3. The molecule has 0 aliphatic heterocycles. The lowest BCUT2D eigenvalue weighted by atomic mass is 9.98. The van der Waals surface area contributed by atoms with Gasteiger partial charge in [-0.1, -0.05) is 37.3 Å². The zero-order valence-corrected chi connectivity index (χ0v) is 13.3. The highest BCUT2D eigenvalue weighted by atomic mass is 127. The fourth-order valence-corrected chi connectivity index (χ4v) is 2.99. The van der Waals surface area contributed by atoms with Gasteiger partial charge in [0.15, 0.2) is 11.6 Å². The smallest absolute Gasteiger partial charge is 0.162 e. The molecular weight excluding hydrogens is 371 g/mol. The van der Waals surface area contributed by atoms with Crippen molar-refractivity contribution in [1.82, 2.24) is 5.32 Å². The number of nitrogens with one attached hydrogen (secondary N) is 1. The van der Waals surface area contributed by atoms with Crippen molar-refractivity contribution in [3.05, 3.63) is 68.8 Å². The van der Waals surface area contributed by atoms with E-state index in [2.05, 4.69) is 27.9 Å². The second-order valence-corrected chi connectivity index (χ2v) is 5.71. The van der Waals surface area contributed by atoms with Crippen molar-refractivity contribution in [3.63, 3.8) is 0 Å². The van der Waals surface area contributed by atoms with Gasteiger partial charge in [-0.2, -0.15) is 0 Å². The van der Waals surface area contributed by atoms with Crippen molar-refractivity contribution in [3.8, 4) is 0 Å². The molecule has 0 saturated carbocycles. The molecule has 106 valence electrons. The van der Waals surface area contributed by atoms with E-state index in [1.165, 1.54) is 0 Å². The Hall–Kier alpha value is -1.01. The van der Waals surface area contributed by atoms with Crippen LogP contribution in [0.5, 0.6) is 0 Å². The van der Waals surface area contributed by atoms with E-state index in [0.29, 0.717) is 12.0 Å². The van der Waals surface area contributed by atoms with Crippen LogP contribution in [0, 0.1) is 15.2 Å². The third kappa shape index (κ3) is 3.55. The van der Waals surface area contributed by atoms with Crippen LogP contribution in [-0.2, 0) is 6.42 Å². The summed E-state index contributed by atoms with van der Waals surface area (Å²) in [5, 5.41) is 3.34. The minimum atomic E-state index is -0.791. The van der Waals surface area contributed by atoms with E-state index in [0.717, 1.165) is 21.7 Å². The van der Waals surface area contributed by atoms with Crippen LogP contribution in [0.25, 0.3) is 0 Å². The molecule has 0 heterocycles. The molecule has 0 amide bonds. The molecule has 1 atom stereocenters. The van der Waals surface area contributed by atoms with E-state index in [1.54, 1.807) is 12.1 Å². The molecule has 0 aliphatic rings. The van der Waals surface area contributed by atoms with E-state index >= 15 is 0 Å². The van der Waals surface area contributed by atoms with Crippen molar-refractivity contribution in [2.24, 2.45) is 0 Å². The number of rotatable bonds is 5. The molecule has 0 aliphatic carbocycles. The maximum atomic E-state index is 13.8. The summed E-state index contributed by atoms with van der Waals surface area (Å²) in [5.41, 5.74) is 1.51. The molecule has 2 rings (SSSR count). The van der Waals surface area contributed by atoms with Gasteiger partial charge in [-0.3, -0.25) is 0 Å². The van der Waals surface area contributed by atoms with Crippen molar-refractivity contribution in [2.75, 3.05) is 6.54 Å². The Morgan fingerprint density at radius 3 is 2.55 bits per heavy atom. The highest BCUT2D eigenvalue weighted by Crippen LogP contribution is 2.25. The maximum Gasteiger partial charge on any atom is 0.162 e. The Morgan fingerprint density at radius 2 is 1.85 bits per heavy atom. The van der Waals surface area contributed by atoms with Crippen LogP contribution in [0.4, 0.5) is 8.78 Å². The molecule has 0 bridgehead atoms. The summed E-state index contributed by atoms with van der Waals surface area (Å²) in [6.07, 6.45) is 0.428. The Bertz CT molecular complexity index is 586. The molecule has 0 aromatic heterocycles. The van der Waals surface area contributed by atoms with Crippen LogP contribution in [0.3, 0.4) is 0 Å². The van der Waals surface area contributed by atoms with Gasteiger partial charge in [0.05, 0.1) is 0 Å². The van der Waals surface area contributed by atoms with Gasteiger partial charge in [-0.25, -0.2) is 8.78 Å². The molecule has 2 aromatic rings. The van der Waals surface area contributed by atoms with Crippen molar-refractivity contribution >= 4 is 22.6 Å². The first-order chi connectivity index (χ1) is 9.63. The zero-order chi connectivity index (χ0) is 14.5. The SMILES string of the molecule is CCNC(Cc1cccc(F)c1F)c1ccccc1I. The summed E-state index contributed by atoms with van der Waals surface area (Å²) in [4.78, 5) is 0. The van der Waals surface area contributed by atoms with Gasteiger partial charge in [0.2, 0.25) is 0 Å². The fourth-order valence-electron chi connectivity index (χ4n) is 2.22. The molecule has 1 nitrogen and oxygen atoms in total. The molecule has 1 N–H and O–H groups in total. The first-order valence-corrected chi connectivity index (χ1v) is 7.62. The van der Waals surface area contributed by atoms with Gasteiger partial charge in [0.25, 0.3) is 0 Å². The van der Waals surface area contributed by atoms with Crippen molar-refractivity contribution in [1.29, 1.82) is 0 Å². The van der Waals surface area contributed by atoms with E-state index in [9.17, 15) is 8.78 Å². The van der Waals surface area contributed by atoms with Crippen LogP contribution in [0.1, 0.15) is 24.1 Å². The summed E-state index contributed by atoms with van der Waals surface area (Å²) >= 11 is 2.27. The summed E-state index contributed by atoms with van der Waals surface area (Å²) < 4.78 is 28.2. The molecule has 1 unspecified atom stereocenters. The summed E-state index contributed by atoms with van der Waals surface area (Å²) in [6.45, 7) is 2.78. The quantitative estimate of drug-likeness (QED) is 0.747. The monoisotopic (exact) mass is 387 g/mol. The largest absolute Gasteiger partial charge is 0.310 e. The summed E-state index contributed by atoms with van der Waals surface area (Å²) in [7, 11) is 0. The highest BCUT2D eigenvalue weighted by molar-refractivity contribution is 14.1. The predicted molar refractivity (Wildman–Crippen MR) is 85.6 cm³/mol. The summed E-state index contributed by atoms with van der Waals surface area (Å²) in [6, 6.07) is 12.3. The number of halogens is 3. The van der Waals surface area contributed by atoms with Gasteiger partial charge in [-0.05, 0) is 58.8 Å². The molecule has 0 spiro atoms. The third-order valence-electron chi connectivity index (χ3n) is 3.19. The predicted octanol–water partition coefficient (Wildman–Crippen LogP) is 4.46. The first-order valence-electron chi connectivity index (χ1n) is 6.54. The van der Waals surface area contributed by atoms with E-state index < -0.39 is 11.6 Å². The second-order valence-electron chi connectivity index (χ2n) is 4.55. The fraction of sp³-hybridized carbons (Fsp3) is 0.250. The van der Waals surface area contributed by atoms with Gasteiger partial charge in [0.1, 0.15) is 0 Å². The minimum absolute atomic E-state index is 0.0237. The maximum absolute atomic E-state index is 13.8. The van der Waals surface area contributed by atoms with Gasteiger partial charge in [0, 0.05) is 9.61 Å². The Kier molecular flexibility index (Phi) is 5.48. The number of hydrogen-bond donors (Lipinski definition) is 1. The number of hydrogen-bond acceptors (Lipinski definition) is 1. The van der Waals surface area contributed by atoms with Gasteiger partial charge >= 0.3 is 0 Å². The number of benzene rings is 2. The number of likely N-dealkylation sites (N-methyl/N-ethyl adjacent to an activating group) is 1. The van der Waals surface area contributed by atoms with Crippen LogP contribution in [0.2, 0.25) is 0 Å². The highest BCUT2D eigenvalue weighted by Gasteiger charge is 2.17.